The summed E-state index contributed by atoms with van der Waals surface area (Å²) in [6.07, 6.45) is 0.547. The molecule has 106 valence electrons. The Hall–Kier alpha value is -1.71. The van der Waals surface area contributed by atoms with Crippen molar-refractivity contribution < 1.29 is 19.4 Å². The molecule has 0 spiro atoms. The average molecular weight is 266 g/mol. The first kappa shape index (κ1) is 15.3. The second kappa shape index (κ2) is 5.95. The molecule has 1 rings (SSSR count). The van der Waals surface area contributed by atoms with Gasteiger partial charge >= 0.3 is 5.97 Å². The minimum atomic E-state index is -0.966. The van der Waals surface area contributed by atoms with E-state index >= 15 is 0 Å². The van der Waals surface area contributed by atoms with Crippen LogP contribution in [-0.2, 0) is 10.2 Å². The maximum absolute atomic E-state index is 11.7. The zero-order valence-electron chi connectivity index (χ0n) is 12.2. The van der Waals surface area contributed by atoms with E-state index in [1.807, 2.05) is 13.8 Å². The van der Waals surface area contributed by atoms with Gasteiger partial charge in [0.25, 0.3) is 0 Å². The number of hydrogen-bond acceptors (Lipinski definition) is 3. The second-order valence-corrected chi connectivity index (χ2v) is 5.30. The number of aliphatic carboxylic acids is 1. The van der Waals surface area contributed by atoms with Crippen molar-refractivity contribution in [3.63, 3.8) is 0 Å². The molecule has 0 aliphatic heterocycles. The lowest BCUT2D eigenvalue weighted by Gasteiger charge is -2.29. The van der Waals surface area contributed by atoms with Gasteiger partial charge in [0.2, 0.25) is 0 Å². The molecule has 0 aromatic heterocycles. The van der Waals surface area contributed by atoms with Gasteiger partial charge in [-0.2, -0.15) is 0 Å². The highest BCUT2D eigenvalue weighted by molar-refractivity contribution is 5.82. The van der Waals surface area contributed by atoms with Crippen LogP contribution in [0.5, 0.6) is 11.5 Å². The summed E-state index contributed by atoms with van der Waals surface area (Å²) in [4.78, 5) is 11.7. The van der Waals surface area contributed by atoms with Crippen LogP contribution >= 0.6 is 0 Å². The summed E-state index contributed by atoms with van der Waals surface area (Å²) < 4.78 is 10.5. The van der Waals surface area contributed by atoms with E-state index < -0.39 is 11.4 Å². The standard InChI is InChI=1S/C15H22O4/c1-10(2)9-15(3,14(16)17)12-7-6-11(18-4)8-13(12)19-5/h6-8,10H,9H2,1-5H3,(H,16,17). The molecule has 4 heteroatoms. The van der Waals surface area contributed by atoms with Gasteiger partial charge < -0.3 is 14.6 Å². The summed E-state index contributed by atoms with van der Waals surface area (Å²) in [6, 6.07) is 5.25. The molecule has 1 aromatic carbocycles. The zero-order chi connectivity index (χ0) is 14.6. The Morgan fingerprint density at radius 3 is 2.37 bits per heavy atom. The molecule has 0 bridgehead atoms. The van der Waals surface area contributed by atoms with Crippen molar-refractivity contribution in [3.8, 4) is 11.5 Å². The molecule has 1 N–H and O–H groups in total. The van der Waals surface area contributed by atoms with Gasteiger partial charge in [-0.25, -0.2) is 0 Å². The summed E-state index contributed by atoms with van der Waals surface area (Å²) in [5, 5.41) is 9.59. The van der Waals surface area contributed by atoms with Crippen molar-refractivity contribution in [2.75, 3.05) is 14.2 Å². The fraction of sp³-hybridized carbons (Fsp3) is 0.533. The molecule has 1 atom stereocenters. The van der Waals surface area contributed by atoms with Crippen LogP contribution in [-0.4, -0.2) is 25.3 Å². The van der Waals surface area contributed by atoms with Gasteiger partial charge in [-0.1, -0.05) is 19.9 Å². The second-order valence-electron chi connectivity index (χ2n) is 5.30. The highest BCUT2D eigenvalue weighted by Gasteiger charge is 2.38. The molecular weight excluding hydrogens is 244 g/mol. The third kappa shape index (κ3) is 3.19. The molecule has 1 unspecified atom stereocenters. The molecular formula is C15H22O4. The van der Waals surface area contributed by atoms with Crippen LogP contribution in [0.25, 0.3) is 0 Å². The van der Waals surface area contributed by atoms with E-state index in [2.05, 4.69) is 0 Å². The van der Waals surface area contributed by atoms with E-state index in [1.165, 1.54) is 7.11 Å². The first-order chi connectivity index (χ1) is 8.85. The maximum Gasteiger partial charge on any atom is 0.313 e. The SMILES string of the molecule is COc1ccc(C(C)(CC(C)C)C(=O)O)c(OC)c1. The largest absolute Gasteiger partial charge is 0.497 e. The van der Waals surface area contributed by atoms with E-state index in [9.17, 15) is 9.90 Å². The molecule has 0 radical (unpaired) electrons. The number of benzene rings is 1. The number of ether oxygens (including phenoxy) is 2. The van der Waals surface area contributed by atoms with Crippen LogP contribution in [0.2, 0.25) is 0 Å². The minimum Gasteiger partial charge on any atom is -0.497 e. The Bertz CT molecular complexity index is 453. The lowest BCUT2D eigenvalue weighted by atomic mass is 9.75. The zero-order valence-corrected chi connectivity index (χ0v) is 12.2. The van der Waals surface area contributed by atoms with Crippen LogP contribution < -0.4 is 9.47 Å². The average Bonchev–Trinajstić information content (AvgIpc) is 2.36. The molecule has 0 aliphatic rings. The van der Waals surface area contributed by atoms with Crippen molar-refractivity contribution in [1.29, 1.82) is 0 Å². The molecule has 0 saturated carbocycles. The van der Waals surface area contributed by atoms with E-state index in [0.29, 0.717) is 23.5 Å². The number of carboxylic acids is 1. The van der Waals surface area contributed by atoms with Gasteiger partial charge in [0, 0.05) is 11.6 Å². The van der Waals surface area contributed by atoms with Crippen molar-refractivity contribution in [2.24, 2.45) is 5.92 Å². The van der Waals surface area contributed by atoms with Crippen LogP contribution in [0.4, 0.5) is 0 Å². The fourth-order valence-corrected chi connectivity index (χ4v) is 2.38. The molecule has 0 amide bonds. The maximum atomic E-state index is 11.7. The molecule has 0 saturated heterocycles. The van der Waals surface area contributed by atoms with Gasteiger partial charge in [0.15, 0.2) is 0 Å². The Labute approximate surface area is 114 Å². The summed E-state index contributed by atoms with van der Waals surface area (Å²) in [7, 11) is 3.11. The highest BCUT2D eigenvalue weighted by Crippen LogP contribution is 2.38. The first-order valence-electron chi connectivity index (χ1n) is 6.31. The van der Waals surface area contributed by atoms with Gasteiger partial charge in [-0.05, 0) is 25.3 Å². The molecule has 0 aliphatic carbocycles. The van der Waals surface area contributed by atoms with Crippen LogP contribution in [0.3, 0.4) is 0 Å². The van der Waals surface area contributed by atoms with Crippen LogP contribution in [0, 0.1) is 5.92 Å². The molecule has 0 heterocycles. The highest BCUT2D eigenvalue weighted by atomic mass is 16.5. The lowest BCUT2D eigenvalue weighted by Crippen LogP contribution is -2.34. The topological polar surface area (TPSA) is 55.8 Å². The van der Waals surface area contributed by atoms with E-state index in [1.54, 1.807) is 32.2 Å². The minimum absolute atomic E-state index is 0.271. The number of carboxylic acid groups (broad SMARTS) is 1. The van der Waals surface area contributed by atoms with E-state index in [0.717, 1.165) is 0 Å². The Morgan fingerprint density at radius 2 is 1.95 bits per heavy atom. The Morgan fingerprint density at radius 1 is 1.32 bits per heavy atom. The number of rotatable bonds is 6. The lowest BCUT2D eigenvalue weighted by molar-refractivity contribution is -0.143. The van der Waals surface area contributed by atoms with Crippen LogP contribution in [0.1, 0.15) is 32.8 Å². The predicted molar refractivity (Wildman–Crippen MR) is 74.0 cm³/mol. The first-order valence-corrected chi connectivity index (χ1v) is 6.31. The monoisotopic (exact) mass is 266 g/mol. The molecule has 0 fully saturated rings. The molecule has 1 aromatic rings. The van der Waals surface area contributed by atoms with Crippen molar-refractivity contribution in [3.05, 3.63) is 23.8 Å². The number of hydrogen-bond donors (Lipinski definition) is 1. The molecule has 19 heavy (non-hydrogen) atoms. The van der Waals surface area contributed by atoms with E-state index in [4.69, 9.17) is 9.47 Å². The third-order valence-corrected chi connectivity index (χ3v) is 3.29. The summed E-state index contributed by atoms with van der Waals surface area (Å²) >= 11 is 0. The van der Waals surface area contributed by atoms with Crippen molar-refractivity contribution >= 4 is 5.97 Å². The quantitative estimate of drug-likeness (QED) is 0.859. The predicted octanol–water partition coefficient (Wildman–Crippen LogP) is 3.09. The smallest absolute Gasteiger partial charge is 0.313 e. The van der Waals surface area contributed by atoms with Crippen LogP contribution in [0.15, 0.2) is 18.2 Å². The fourth-order valence-electron chi connectivity index (χ4n) is 2.38. The molecule has 4 nitrogen and oxygen atoms in total. The Kier molecular flexibility index (Phi) is 4.81. The van der Waals surface area contributed by atoms with Crippen molar-refractivity contribution in [1.82, 2.24) is 0 Å². The van der Waals surface area contributed by atoms with E-state index in [-0.39, 0.29) is 5.92 Å². The number of methoxy groups -OCH3 is 2. The Balaban J connectivity index is 3.34. The summed E-state index contributed by atoms with van der Waals surface area (Å²) in [5.74, 6) is 0.625. The van der Waals surface area contributed by atoms with Gasteiger partial charge in [0.1, 0.15) is 11.5 Å². The van der Waals surface area contributed by atoms with Crippen molar-refractivity contribution in [2.45, 2.75) is 32.6 Å². The summed E-state index contributed by atoms with van der Waals surface area (Å²) in [5.41, 5.74) is -0.289. The van der Waals surface area contributed by atoms with Gasteiger partial charge in [-0.3, -0.25) is 4.79 Å². The third-order valence-electron chi connectivity index (χ3n) is 3.29. The number of carbonyl (C=O) groups is 1. The summed E-state index contributed by atoms with van der Waals surface area (Å²) in [6.45, 7) is 5.76. The van der Waals surface area contributed by atoms with Gasteiger partial charge in [0.05, 0.1) is 19.6 Å². The normalized spacial score (nSPS) is 14.0. The van der Waals surface area contributed by atoms with Gasteiger partial charge in [-0.15, -0.1) is 0 Å².